The molecule has 0 aromatic carbocycles. The highest BCUT2D eigenvalue weighted by Crippen LogP contribution is 2.67. The van der Waals surface area contributed by atoms with Gasteiger partial charge in [-0.25, -0.2) is 23.7 Å². The molecular weight excluding hydrogens is 761 g/mol. The van der Waals surface area contributed by atoms with Crippen LogP contribution in [0.2, 0.25) is 0 Å². The van der Waals surface area contributed by atoms with Gasteiger partial charge in [-0.15, -0.1) is 0 Å². The van der Waals surface area contributed by atoms with E-state index in [1.54, 1.807) is 0 Å². The Morgan fingerprint density at radius 3 is 1.43 bits per heavy atom. The van der Waals surface area contributed by atoms with Gasteiger partial charge in [-0.05, 0) is 0 Å². The predicted molar refractivity (Wildman–Crippen MR) is 161 cm³/mol. The van der Waals surface area contributed by atoms with Gasteiger partial charge in [0, 0.05) is 0 Å². The fraction of sp³-hybridized carbons (Fsp3) is 0.500. The van der Waals surface area contributed by atoms with Gasteiger partial charge in [0.1, 0.15) is 36.6 Å². The maximum atomic E-state index is 12.4. The summed E-state index contributed by atoms with van der Waals surface area (Å²) in [6.45, 7) is -2.19. The lowest BCUT2D eigenvalue weighted by Gasteiger charge is -2.21. The van der Waals surface area contributed by atoms with Crippen LogP contribution in [-0.4, -0.2) is 124 Å². The number of fused-ring (bicyclic) bond motifs is 2. The average Bonchev–Trinajstić information content (AvgIpc) is 3.76. The van der Waals surface area contributed by atoms with Crippen LogP contribution in [0.1, 0.15) is 12.5 Å². The first-order valence-corrected chi connectivity index (χ1v) is 18.4. The molecule has 2 saturated heterocycles. The lowest BCUT2D eigenvalue weighted by molar-refractivity contribution is -0.0510. The van der Waals surface area contributed by atoms with Crippen molar-refractivity contribution < 1.29 is 75.9 Å². The SMILES string of the molecule is Nc1nc2c(ncn2[C@@H]2O[C@H](COP(=O)(O)OP(=O)(O)OP(=O)(O)OC[C@H]3O[C@@H](n4cnc5c(=O)[nH]c(N)nc54)[C@@H](O)[C@@H]3O)[C@@H](O)[C@H]2O)c(=O)[nH]1. The number of hydrogen-bond donors (Lipinski definition) is 11. The van der Waals surface area contributed by atoms with Crippen LogP contribution in [0.15, 0.2) is 22.2 Å². The number of rotatable bonds is 12. The van der Waals surface area contributed by atoms with Gasteiger partial charge in [0.05, 0.1) is 25.9 Å². The van der Waals surface area contributed by atoms with Gasteiger partial charge in [0.25, 0.3) is 11.1 Å². The maximum absolute atomic E-state index is 12.4. The van der Waals surface area contributed by atoms with E-state index in [4.69, 9.17) is 20.9 Å². The van der Waals surface area contributed by atoms with Gasteiger partial charge < -0.3 is 56.0 Å². The highest BCUT2D eigenvalue weighted by molar-refractivity contribution is 7.66. The minimum absolute atomic E-state index is 0.156. The number of H-pyrrole nitrogens is 2. The Morgan fingerprint density at radius 2 is 1.06 bits per heavy atom. The number of nitrogens with one attached hydrogen (secondary N) is 2. The molecule has 2 fully saturated rings. The number of anilines is 2. The number of nitrogen functional groups attached to an aromatic ring is 2. The first-order valence-electron chi connectivity index (χ1n) is 13.9. The number of phosphoric ester groups is 2. The van der Waals surface area contributed by atoms with Crippen molar-refractivity contribution in [3.63, 3.8) is 0 Å². The van der Waals surface area contributed by atoms with Gasteiger partial charge in [-0.3, -0.25) is 37.7 Å². The van der Waals surface area contributed by atoms with E-state index in [2.05, 4.69) is 47.6 Å². The molecule has 4 aromatic heterocycles. The smallest absolute Gasteiger partial charge is 0.387 e. The number of aromatic amines is 2. The highest BCUT2D eigenvalue weighted by atomic mass is 31.3. The van der Waals surface area contributed by atoms with Crippen molar-refractivity contribution in [2.24, 2.45) is 0 Å². The summed E-state index contributed by atoms with van der Waals surface area (Å²) >= 11 is 0. The Kier molecular flexibility index (Phi) is 9.83. The lowest BCUT2D eigenvalue weighted by atomic mass is 10.1. The summed E-state index contributed by atoms with van der Waals surface area (Å²) in [6.07, 6.45) is -11.3. The minimum Gasteiger partial charge on any atom is -0.387 e. The van der Waals surface area contributed by atoms with Gasteiger partial charge in [0.15, 0.2) is 34.8 Å². The van der Waals surface area contributed by atoms with Crippen LogP contribution in [0.25, 0.3) is 22.3 Å². The minimum atomic E-state index is -6.00. The van der Waals surface area contributed by atoms with Crippen LogP contribution in [0.3, 0.4) is 0 Å². The van der Waals surface area contributed by atoms with Crippen LogP contribution >= 0.6 is 23.5 Å². The fourth-order valence-electron chi connectivity index (χ4n) is 5.11. The van der Waals surface area contributed by atoms with Crippen molar-refractivity contribution in [3.05, 3.63) is 33.4 Å². The van der Waals surface area contributed by atoms with Gasteiger partial charge in [0.2, 0.25) is 11.9 Å². The molecule has 4 aromatic rings. The van der Waals surface area contributed by atoms with Crippen LogP contribution in [-0.2, 0) is 40.8 Å². The molecule has 280 valence electrons. The number of nitrogens with two attached hydrogens (primary N) is 2. The summed E-state index contributed by atoms with van der Waals surface area (Å²) in [7, 11) is -17.4. The van der Waals surface area contributed by atoms with Crippen molar-refractivity contribution >= 4 is 57.7 Å². The molecule has 2 aliphatic heterocycles. The van der Waals surface area contributed by atoms with E-state index >= 15 is 0 Å². The van der Waals surface area contributed by atoms with Crippen molar-refractivity contribution in [2.45, 2.75) is 49.1 Å². The Bertz CT molecular complexity index is 2080. The molecule has 6 rings (SSSR count). The largest absolute Gasteiger partial charge is 0.490 e. The first-order chi connectivity index (χ1) is 23.8. The summed E-state index contributed by atoms with van der Waals surface area (Å²) in [5.41, 5.74) is 8.90. The van der Waals surface area contributed by atoms with Crippen LogP contribution in [0.4, 0.5) is 11.9 Å². The molecular formula is C20H27N10O18P3. The molecule has 2 aliphatic rings. The molecule has 0 amide bonds. The van der Waals surface area contributed by atoms with Crippen molar-refractivity contribution in [1.82, 2.24) is 39.0 Å². The highest BCUT2D eigenvalue weighted by Gasteiger charge is 2.49. The van der Waals surface area contributed by atoms with E-state index in [1.807, 2.05) is 0 Å². The Hall–Kier alpha value is -3.53. The molecule has 28 nitrogen and oxygen atoms in total. The zero-order chi connectivity index (χ0) is 37.2. The van der Waals surface area contributed by atoms with Gasteiger partial charge >= 0.3 is 23.5 Å². The molecule has 31 heteroatoms. The third-order valence-corrected chi connectivity index (χ3v) is 11.6. The quantitative estimate of drug-likeness (QED) is 0.0610. The summed E-state index contributed by atoms with van der Waals surface area (Å²) in [5.74, 6) is -0.622. The topological polar surface area (TPSA) is 427 Å². The van der Waals surface area contributed by atoms with Gasteiger partial charge in [-0.2, -0.15) is 18.6 Å². The first kappa shape index (κ1) is 37.2. The van der Waals surface area contributed by atoms with Crippen molar-refractivity contribution in [1.29, 1.82) is 0 Å². The molecule has 0 bridgehead atoms. The number of phosphoric acid groups is 3. The number of aliphatic hydroxyl groups excluding tert-OH is 4. The molecule has 0 saturated carbocycles. The van der Waals surface area contributed by atoms with E-state index in [0.29, 0.717) is 0 Å². The number of aliphatic hydroxyl groups is 4. The van der Waals surface area contributed by atoms with Crippen LogP contribution in [0, 0.1) is 0 Å². The second kappa shape index (κ2) is 13.5. The molecule has 6 heterocycles. The Morgan fingerprint density at radius 1 is 0.686 bits per heavy atom. The second-order valence-electron chi connectivity index (χ2n) is 10.8. The Balaban J connectivity index is 1.04. The fourth-order valence-corrected chi connectivity index (χ4v) is 8.63. The van der Waals surface area contributed by atoms with E-state index in [9.17, 15) is 58.4 Å². The standard InChI is InChI=1S/C20H27N10O18P3/c21-19-25-13-7(15(35)27-19)23-3-29(13)17-11(33)9(31)5(45-17)1-43-49(37,38)47-51(41,42)48-50(39,40)44-2-6-10(32)12(34)18(46-6)30-4-24-8-14(30)26-20(22)28-16(8)36/h3-6,9-12,17-18,31-34H,1-2H2,(H,37,38)(H,39,40)(H,41,42)(H3,21,25,27,35)(H3,22,26,28,36)/t5-,6-,9-,10-,11-,12+,17-,18-/m1/s1. The number of imidazole rings is 2. The second-order valence-corrected chi connectivity index (χ2v) is 15.4. The Labute approximate surface area is 280 Å². The average molecular weight is 788 g/mol. The van der Waals surface area contributed by atoms with E-state index in [1.165, 1.54) is 0 Å². The van der Waals surface area contributed by atoms with Crippen LogP contribution < -0.4 is 22.6 Å². The van der Waals surface area contributed by atoms with E-state index in [0.717, 1.165) is 21.8 Å². The zero-order valence-corrected chi connectivity index (χ0v) is 27.7. The van der Waals surface area contributed by atoms with Crippen molar-refractivity contribution in [3.8, 4) is 0 Å². The number of hydrogen-bond acceptors (Lipinski definition) is 21. The monoisotopic (exact) mass is 788 g/mol. The number of aromatic nitrogens is 8. The molecule has 3 unspecified atom stereocenters. The lowest BCUT2D eigenvalue weighted by Crippen LogP contribution is -2.33. The molecule has 51 heavy (non-hydrogen) atoms. The van der Waals surface area contributed by atoms with Gasteiger partial charge in [-0.1, -0.05) is 0 Å². The number of nitrogens with zero attached hydrogens (tertiary/aromatic N) is 6. The van der Waals surface area contributed by atoms with Crippen molar-refractivity contribution in [2.75, 3.05) is 24.7 Å². The number of ether oxygens (including phenoxy) is 2. The summed E-state index contributed by atoms with van der Waals surface area (Å²) < 4.78 is 67.4. The summed E-state index contributed by atoms with van der Waals surface area (Å²) in [5, 5.41) is 41.8. The maximum Gasteiger partial charge on any atom is 0.490 e. The molecule has 0 radical (unpaired) electrons. The normalized spacial score (nSPS) is 30.4. The summed E-state index contributed by atoms with van der Waals surface area (Å²) in [6, 6.07) is 0. The third kappa shape index (κ3) is 7.53. The molecule has 0 spiro atoms. The predicted octanol–water partition coefficient (Wildman–Crippen LogP) is -3.98. The van der Waals surface area contributed by atoms with E-state index in [-0.39, 0.29) is 34.2 Å². The summed E-state index contributed by atoms with van der Waals surface area (Å²) in [4.78, 5) is 73.8. The molecule has 0 aliphatic carbocycles. The van der Waals surface area contributed by atoms with E-state index < -0.39 is 96.9 Å². The molecule has 13 N–H and O–H groups in total. The molecule has 11 atom stereocenters. The third-order valence-electron chi connectivity index (χ3n) is 7.34. The zero-order valence-electron chi connectivity index (χ0n) is 25.0. The van der Waals surface area contributed by atoms with Crippen LogP contribution in [0.5, 0.6) is 0 Å².